The molecule has 1 atom stereocenters. The second kappa shape index (κ2) is 4.33. The van der Waals surface area contributed by atoms with Crippen molar-refractivity contribution in [1.29, 1.82) is 0 Å². The van der Waals surface area contributed by atoms with E-state index in [0.717, 1.165) is 0 Å². The topological polar surface area (TPSA) is 35.5 Å². The van der Waals surface area contributed by atoms with Gasteiger partial charge in [-0.05, 0) is 33.6 Å². The Balaban J connectivity index is 3.61. The number of hydrogen-bond donors (Lipinski definition) is 0. The summed E-state index contributed by atoms with van der Waals surface area (Å²) in [6.07, 6.45) is -0.627. The minimum atomic E-state index is -0.627. The summed E-state index contributed by atoms with van der Waals surface area (Å²) in [5.74, 6) is 0.0949. The zero-order valence-electron chi connectivity index (χ0n) is 8.22. The van der Waals surface area contributed by atoms with Crippen LogP contribution in [-0.4, -0.2) is 18.4 Å². The van der Waals surface area contributed by atoms with E-state index in [0.29, 0.717) is 6.61 Å². The van der Waals surface area contributed by atoms with Crippen LogP contribution in [0.5, 0.6) is 0 Å². The molecular formula is C9H17O3. The molecule has 0 amide bonds. The van der Waals surface area contributed by atoms with Crippen molar-refractivity contribution in [3.8, 4) is 0 Å². The van der Waals surface area contributed by atoms with E-state index < -0.39 is 11.8 Å². The average Bonchev–Trinajstić information content (AvgIpc) is 1.79. The third kappa shape index (κ3) is 7.38. The largest absolute Gasteiger partial charge is 0.508 e. The van der Waals surface area contributed by atoms with Crippen molar-refractivity contribution in [2.24, 2.45) is 5.92 Å². The molecule has 71 valence electrons. The SMILES string of the molecule is [CH2]C(C)COC(=O)OC(C)(C)C. The molecule has 1 unspecified atom stereocenters. The van der Waals surface area contributed by atoms with E-state index in [9.17, 15) is 4.79 Å². The molecule has 0 aliphatic rings. The van der Waals surface area contributed by atoms with Crippen LogP contribution in [0.1, 0.15) is 27.7 Å². The summed E-state index contributed by atoms with van der Waals surface area (Å²) in [7, 11) is 0. The summed E-state index contributed by atoms with van der Waals surface area (Å²) in [6, 6.07) is 0. The molecule has 0 saturated heterocycles. The van der Waals surface area contributed by atoms with Crippen LogP contribution in [0.2, 0.25) is 0 Å². The molecule has 0 heterocycles. The van der Waals surface area contributed by atoms with Crippen molar-refractivity contribution in [2.75, 3.05) is 6.61 Å². The van der Waals surface area contributed by atoms with Crippen molar-refractivity contribution < 1.29 is 14.3 Å². The van der Waals surface area contributed by atoms with Gasteiger partial charge < -0.3 is 9.47 Å². The number of hydrogen-bond acceptors (Lipinski definition) is 3. The summed E-state index contributed by atoms with van der Waals surface area (Å²) in [4.78, 5) is 10.9. The number of carbonyl (C=O) groups excluding carboxylic acids is 1. The first kappa shape index (κ1) is 11.3. The Morgan fingerprint density at radius 3 is 2.33 bits per heavy atom. The summed E-state index contributed by atoms with van der Waals surface area (Å²) in [5.41, 5.74) is -0.485. The minimum Gasteiger partial charge on any atom is -0.434 e. The molecule has 0 rings (SSSR count). The minimum absolute atomic E-state index is 0.0949. The highest BCUT2D eigenvalue weighted by atomic mass is 16.7. The molecule has 0 aliphatic carbocycles. The van der Waals surface area contributed by atoms with Crippen LogP contribution in [0.3, 0.4) is 0 Å². The van der Waals surface area contributed by atoms with Gasteiger partial charge in [-0.3, -0.25) is 0 Å². The fraction of sp³-hybridized carbons (Fsp3) is 0.778. The lowest BCUT2D eigenvalue weighted by Gasteiger charge is -2.19. The Hall–Kier alpha value is -0.730. The van der Waals surface area contributed by atoms with Crippen molar-refractivity contribution >= 4 is 6.16 Å². The first-order chi connectivity index (χ1) is 5.31. The summed E-state index contributed by atoms with van der Waals surface area (Å²) < 4.78 is 9.65. The van der Waals surface area contributed by atoms with Crippen LogP contribution in [0, 0.1) is 12.8 Å². The third-order valence-electron chi connectivity index (χ3n) is 0.875. The number of ether oxygens (including phenoxy) is 2. The quantitative estimate of drug-likeness (QED) is 0.601. The first-order valence-corrected chi connectivity index (χ1v) is 4.00. The number of rotatable bonds is 2. The maximum Gasteiger partial charge on any atom is 0.508 e. The Kier molecular flexibility index (Phi) is 4.07. The van der Waals surface area contributed by atoms with Crippen molar-refractivity contribution in [2.45, 2.75) is 33.3 Å². The highest BCUT2D eigenvalue weighted by Crippen LogP contribution is 2.08. The van der Waals surface area contributed by atoms with E-state index in [4.69, 9.17) is 9.47 Å². The van der Waals surface area contributed by atoms with Crippen molar-refractivity contribution in [3.63, 3.8) is 0 Å². The van der Waals surface area contributed by atoms with Crippen LogP contribution in [0.25, 0.3) is 0 Å². The average molecular weight is 173 g/mol. The Morgan fingerprint density at radius 2 is 2.00 bits per heavy atom. The fourth-order valence-corrected chi connectivity index (χ4v) is 0.490. The molecule has 0 saturated carbocycles. The van der Waals surface area contributed by atoms with E-state index in [1.807, 2.05) is 6.92 Å². The fourth-order valence-electron chi connectivity index (χ4n) is 0.490. The highest BCUT2D eigenvalue weighted by Gasteiger charge is 2.17. The monoisotopic (exact) mass is 173 g/mol. The lowest BCUT2D eigenvalue weighted by Crippen LogP contribution is -2.25. The predicted molar refractivity (Wildman–Crippen MR) is 46.7 cm³/mol. The predicted octanol–water partition coefficient (Wildman–Crippen LogP) is 2.41. The van der Waals surface area contributed by atoms with E-state index in [1.54, 1.807) is 20.8 Å². The molecule has 3 heteroatoms. The molecule has 0 aromatic carbocycles. The lowest BCUT2D eigenvalue weighted by atomic mass is 10.2. The van der Waals surface area contributed by atoms with Gasteiger partial charge in [-0.15, -0.1) is 0 Å². The molecule has 3 nitrogen and oxygen atoms in total. The molecule has 0 spiro atoms. The van der Waals surface area contributed by atoms with Crippen LogP contribution in [-0.2, 0) is 9.47 Å². The molecule has 0 aromatic heterocycles. The van der Waals surface area contributed by atoms with E-state index in [2.05, 4.69) is 6.92 Å². The maximum atomic E-state index is 10.9. The molecule has 0 fully saturated rings. The van der Waals surface area contributed by atoms with E-state index in [1.165, 1.54) is 0 Å². The molecule has 1 radical (unpaired) electrons. The molecule has 0 bridgehead atoms. The standard InChI is InChI=1S/C9H17O3/c1-7(2)6-11-8(10)12-9(3,4)5/h7H,1,6H2,2-5H3. The number of carbonyl (C=O) groups is 1. The van der Waals surface area contributed by atoms with Gasteiger partial charge in [-0.25, -0.2) is 4.79 Å². The van der Waals surface area contributed by atoms with Gasteiger partial charge in [0.1, 0.15) is 5.60 Å². The second-order valence-corrected chi connectivity index (χ2v) is 3.88. The van der Waals surface area contributed by atoms with Gasteiger partial charge in [-0.1, -0.05) is 6.92 Å². The van der Waals surface area contributed by atoms with Gasteiger partial charge in [0.15, 0.2) is 0 Å². The van der Waals surface area contributed by atoms with Gasteiger partial charge >= 0.3 is 6.16 Å². The van der Waals surface area contributed by atoms with Gasteiger partial charge in [-0.2, -0.15) is 0 Å². The zero-order valence-corrected chi connectivity index (χ0v) is 8.22. The molecule has 12 heavy (non-hydrogen) atoms. The maximum absolute atomic E-state index is 10.9. The van der Waals surface area contributed by atoms with Crippen molar-refractivity contribution in [1.82, 2.24) is 0 Å². The first-order valence-electron chi connectivity index (χ1n) is 4.00. The summed E-state index contributed by atoms with van der Waals surface area (Å²) in [6.45, 7) is 11.2. The van der Waals surface area contributed by atoms with Gasteiger partial charge in [0.05, 0.1) is 6.61 Å². The van der Waals surface area contributed by atoms with Gasteiger partial charge in [0, 0.05) is 0 Å². The Labute approximate surface area is 74.0 Å². The van der Waals surface area contributed by atoms with E-state index >= 15 is 0 Å². The van der Waals surface area contributed by atoms with Gasteiger partial charge in [0.2, 0.25) is 0 Å². The molecule has 0 N–H and O–H groups in total. The molecular weight excluding hydrogens is 156 g/mol. The van der Waals surface area contributed by atoms with Crippen molar-refractivity contribution in [3.05, 3.63) is 6.92 Å². The van der Waals surface area contributed by atoms with Crippen LogP contribution in [0.4, 0.5) is 4.79 Å². The normalized spacial score (nSPS) is 11.5. The van der Waals surface area contributed by atoms with Crippen LogP contribution in [0.15, 0.2) is 0 Å². The summed E-state index contributed by atoms with van der Waals surface area (Å²) in [5, 5.41) is 0. The third-order valence-corrected chi connectivity index (χ3v) is 0.875. The highest BCUT2D eigenvalue weighted by molar-refractivity contribution is 5.60. The van der Waals surface area contributed by atoms with Crippen LogP contribution >= 0.6 is 0 Å². The zero-order chi connectivity index (χ0) is 9.78. The summed E-state index contributed by atoms with van der Waals surface area (Å²) >= 11 is 0. The molecule has 0 aliphatic heterocycles. The molecule has 0 aromatic rings. The van der Waals surface area contributed by atoms with Gasteiger partial charge in [0.25, 0.3) is 0 Å². The smallest absolute Gasteiger partial charge is 0.434 e. The Morgan fingerprint density at radius 1 is 1.50 bits per heavy atom. The van der Waals surface area contributed by atoms with E-state index in [-0.39, 0.29) is 5.92 Å². The van der Waals surface area contributed by atoms with Crippen LogP contribution < -0.4 is 0 Å². The second-order valence-electron chi connectivity index (χ2n) is 3.88. The Bertz CT molecular complexity index is 144. The lowest BCUT2D eigenvalue weighted by molar-refractivity contribution is -0.0103.